The second-order valence-electron chi connectivity index (χ2n) is 6.08. The molecule has 1 aromatic rings. The van der Waals surface area contributed by atoms with Crippen molar-refractivity contribution in [3.05, 3.63) is 15.1 Å². The molecule has 1 aromatic heterocycles. The zero-order valence-corrected chi connectivity index (χ0v) is 14.6. The molecule has 0 radical (unpaired) electrons. The van der Waals surface area contributed by atoms with Crippen molar-refractivity contribution in [3.8, 4) is 0 Å². The molecule has 20 heavy (non-hydrogen) atoms. The lowest BCUT2D eigenvalue weighted by Gasteiger charge is -2.35. The zero-order valence-electron chi connectivity index (χ0n) is 12.5. The first-order chi connectivity index (χ1) is 9.60. The summed E-state index contributed by atoms with van der Waals surface area (Å²) in [5.41, 5.74) is 1.11. The minimum Gasteiger partial charge on any atom is -0.369 e. The van der Waals surface area contributed by atoms with Gasteiger partial charge in [-0.2, -0.15) is 0 Å². The molecule has 2 aliphatic rings. The zero-order chi connectivity index (χ0) is 14.3. The molecule has 0 amide bonds. The van der Waals surface area contributed by atoms with Crippen LogP contribution < -0.4 is 5.32 Å². The summed E-state index contributed by atoms with van der Waals surface area (Å²) in [6.45, 7) is 5.12. The van der Waals surface area contributed by atoms with Gasteiger partial charge in [-0.1, -0.05) is 0 Å². The molecule has 5 heteroatoms. The predicted octanol–water partition coefficient (Wildman–Crippen LogP) is 3.16. The molecule has 2 bridgehead atoms. The summed E-state index contributed by atoms with van der Waals surface area (Å²) >= 11 is 2.34. The summed E-state index contributed by atoms with van der Waals surface area (Å²) in [5, 5.41) is 3.37. The van der Waals surface area contributed by atoms with E-state index in [1.54, 1.807) is 0 Å². The fourth-order valence-corrected chi connectivity index (χ4v) is 4.10. The van der Waals surface area contributed by atoms with Gasteiger partial charge in [0, 0.05) is 24.5 Å². The Hall–Kier alpha value is -0.430. The Morgan fingerprint density at radius 1 is 1.25 bits per heavy atom. The van der Waals surface area contributed by atoms with Gasteiger partial charge in [0.1, 0.15) is 11.6 Å². The van der Waals surface area contributed by atoms with Gasteiger partial charge < -0.3 is 10.2 Å². The second-order valence-corrected chi connectivity index (χ2v) is 7.16. The Balaban J connectivity index is 1.87. The first-order valence-corrected chi connectivity index (χ1v) is 8.67. The van der Waals surface area contributed by atoms with Crippen molar-refractivity contribution < 1.29 is 0 Å². The van der Waals surface area contributed by atoms with Crippen LogP contribution in [0.1, 0.15) is 50.0 Å². The largest absolute Gasteiger partial charge is 0.369 e. The lowest BCUT2D eigenvalue weighted by atomic mass is 9.90. The number of fused-ring (bicyclic) bond motifs is 2. The number of hydrogen-bond donors (Lipinski definition) is 1. The Labute approximate surface area is 134 Å². The second kappa shape index (κ2) is 5.75. The van der Waals surface area contributed by atoms with Crippen molar-refractivity contribution >= 4 is 28.4 Å². The van der Waals surface area contributed by atoms with Gasteiger partial charge in [0.25, 0.3) is 0 Å². The molecule has 2 atom stereocenters. The molecule has 3 heterocycles. The third kappa shape index (κ3) is 2.54. The van der Waals surface area contributed by atoms with Gasteiger partial charge in [-0.3, -0.25) is 0 Å². The Bertz CT molecular complexity index is 491. The highest BCUT2D eigenvalue weighted by Gasteiger charge is 2.40. The van der Waals surface area contributed by atoms with E-state index in [2.05, 4.69) is 53.7 Å². The number of aryl methyl sites for hydroxylation is 1. The molecule has 0 aliphatic carbocycles. The van der Waals surface area contributed by atoms with Gasteiger partial charge in [-0.05, 0) is 69.2 Å². The number of nitrogens with one attached hydrogen (secondary N) is 1. The van der Waals surface area contributed by atoms with Gasteiger partial charge in [0.2, 0.25) is 0 Å². The molecular formula is C15H23IN4. The highest BCUT2D eigenvalue weighted by molar-refractivity contribution is 14.1. The van der Waals surface area contributed by atoms with E-state index in [4.69, 9.17) is 9.97 Å². The smallest absolute Gasteiger partial charge is 0.143 e. The monoisotopic (exact) mass is 386 g/mol. The van der Waals surface area contributed by atoms with E-state index in [9.17, 15) is 0 Å². The minimum absolute atomic E-state index is 0.539. The average molecular weight is 386 g/mol. The third-order valence-electron chi connectivity index (χ3n) is 4.84. The molecule has 0 saturated carbocycles. The van der Waals surface area contributed by atoms with Crippen LogP contribution in [0.25, 0.3) is 0 Å². The molecule has 110 valence electrons. The minimum atomic E-state index is 0.539. The SMILES string of the molecule is CCNc1nc(C2CC3CCC(C2)N3C)nc(C)c1I. The van der Waals surface area contributed by atoms with Gasteiger partial charge in [0.05, 0.1) is 9.26 Å². The van der Waals surface area contributed by atoms with E-state index in [0.717, 1.165) is 39.5 Å². The molecule has 2 aliphatic heterocycles. The number of piperidine rings is 1. The van der Waals surface area contributed by atoms with Crippen molar-refractivity contribution in [3.63, 3.8) is 0 Å². The molecule has 2 fully saturated rings. The molecule has 3 rings (SSSR count). The van der Waals surface area contributed by atoms with E-state index in [-0.39, 0.29) is 0 Å². The fourth-order valence-electron chi connectivity index (χ4n) is 3.67. The van der Waals surface area contributed by atoms with Gasteiger partial charge in [-0.15, -0.1) is 0 Å². The van der Waals surface area contributed by atoms with Crippen LogP contribution >= 0.6 is 22.6 Å². The summed E-state index contributed by atoms with van der Waals surface area (Å²) in [7, 11) is 2.28. The summed E-state index contributed by atoms with van der Waals surface area (Å²) in [6.07, 6.45) is 5.14. The van der Waals surface area contributed by atoms with Crippen molar-refractivity contribution in [1.29, 1.82) is 0 Å². The van der Waals surface area contributed by atoms with Crippen LogP contribution in [0.2, 0.25) is 0 Å². The van der Waals surface area contributed by atoms with Crippen molar-refractivity contribution in [2.24, 2.45) is 0 Å². The quantitative estimate of drug-likeness (QED) is 0.811. The van der Waals surface area contributed by atoms with E-state index in [0.29, 0.717) is 5.92 Å². The van der Waals surface area contributed by atoms with Crippen LogP contribution in [0.5, 0.6) is 0 Å². The highest BCUT2D eigenvalue weighted by Crippen LogP contribution is 2.41. The molecule has 0 spiro atoms. The van der Waals surface area contributed by atoms with Crippen molar-refractivity contribution in [2.45, 2.75) is 57.5 Å². The molecular weight excluding hydrogens is 363 g/mol. The Kier molecular flexibility index (Phi) is 4.17. The number of aromatic nitrogens is 2. The first kappa shape index (κ1) is 14.5. The summed E-state index contributed by atoms with van der Waals surface area (Å²) in [5.74, 6) is 2.61. The number of halogens is 1. The van der Waals surface area contributed by atoms with Gasteiger partial charge in [-0.25, -0.2) is 9.97 Å². The molecule has 0 aromatic carbocycles. The van der Waals surface area contributed by atoms with Crippen molar-refractivity contribution in [2.75, 3.05) is 18.9 Å². The average Bonchev–Trinajstić information content (AvgIpc) is 2.66. The van der Waals surface area contributed by atoms with Crippen LogP contribution in [0.15, 0.2) is 0 Å². The topological polar surface area (TPSA) is 41.1 Å². The van der Waals surface area contributed by atoms with Crippen LogP contribution in [-0.4, -0.2) is 40.5 Å². The van der Waals surface area contributed by atoms with Crippen LogP contribution in [0.3, 0.4) is 0 Å². The van der Waals surface area contributed by atoms with Gasteiger partial charge >= 0.3 is 0 Å². The number of anilines is 1. The highest BCUT2D eigenvalue weighted by atomic mass is 127. The standard InChI is InChI=1S/C15H23IN4/c1-4-17-15-13(16)9(2)18-14(19-15)10-7-11-5-6-12(8-10)20(11)3/h10-12H,4-8H2,1-3H3,(H,17,18,19). The molecule has 4 nitrogen and oxygen atoms in total. The molecule has 1 N–H and O–H groups in total. The summed E-state index contributed by atoms with van der Waals surface area (Å²) < 4.78 is 1.16. The van der Waals surface area contributed by atoms with Crippen molar-refractivity contribution in [1.82, 2.24) is 14.9 Å². The Morgan fingerprint density at radius 3 is 2.50 bits per heavy atom. The number of rotatable bonds is 3. The first-order valence-electron chi connectivity index (χ1n) is 7.60. The number of hydrogen-bond acceptors (Lipinski definition) is 4. The lowest BCUT2D eigenvalue weighted by Crippen LogP contribution is -2.39. The van der Waals surface area contributed by atoms with Crippen LogP contribution in [0.4, 0.5) is 5.82 Å². The van der Waals surface area contributed by atoms with Crippen LogP contribution in [-0.2, 0) is 0 Å². The van der Waals surface area contributed by atoms with Crippen LogP contribution in [0, 0.1) is 10.5 Å². The maximum atomic E-state index is 4.82. The third-order valence-corrected chi connectivity index (χ3v) is 6.13. The van der Waals surface area contributed by atoms with E-state index in [1.165, 1.54) is 25.7 Å². The maximum Gasteiger partial charge on any atom is 0.143 e. The molecule has 2 saturated heterocycles. The lowest BCUT2D eigenvalue weighted by molar-refractivity contribution is 0.159. The Morgan fingerprint density at radius 2 is 1.90 bits per heavy atom. The number of nitrogens with zero attached hydrogens (tertiary/aromatic N) is 3. The van der Waals surface area contributed by atoms with Gasteiger partial charge in [0.15, 0.2) is 0 Å². The van der Waals surface area contributed by atoms with E-state index < -0.39 is 0 Å². The summed E-state index contributed by atoms with van der Waals surface area (Å²) in [4.78, 5) is 12.2. The fraction of sp³-hybridized carbons (Fsp3) is 0.733. The predicted molar refractivity (Wildman–Crippen MR) is 90.2 cm³/mol. The molecule has 2 unspecified atom stereocenters. The summed E-state index contributed by atoms with van der Waals surface area (Å²) in [6, 6.07) is 1.48. The normalized spacial score (nSPS) is 29.7. The van der Waals surface area contributed by atoms with E-state index >= 15 is 0 Å². The van der Waals surface area contributed by atoms with E-state index in [1.807, 2.05) is 0 Å². The maximum absolute atomic E-state index is 4.82.